The summed E-state index contributed by atoms with van der Waals surface area (Å²) in [5.41, 5.74) is 2.31. The molecule has 0 unspecified atom stereocenters. The van der Waals surface area contributed by atoms with Crippen LogP contribution in [0.5, 0.6) is 0 Å². The number of rotatable bonds is 3. The van der Waals surface area contributed by atoms with Crippen molar-refractivity contribution in [3.05, 3.63) is 34.1 Å². The third kappa shape index (κ3) is 2.45. The molecular weight excluding hydrogens is 346 g/mol. The Morgan fingerprint density at radius 3 is 2.65 bits per heavy atom. The average molecular weight is 359 g/mol. The van der Waals surface area contributed by atoms with Crippen molar-refractivity contribution in [2.24, 2.45) is 0 Å². The lowest BCUT2D eigenvalue weighted by molar-refractivity contribution is 0.733. The van der Waals surface area contributed by atoms with Crippen molar-refractivity contribution in [2.75, 3.05) is 0 Å². The van der Waals surface area contributed by atoms with E-state index in [9.17, 15) is 0 Å². The Morgan fingerprint density at radius 1 is 1.29 bits per heavy atom. The highest BCUT2D eigenvalue weighted by atomic mass is 79.9. The maximum Gasteiger partial charge on any atom is 0.163 e. The zero-order chi connectivity index (χ0) is 12.4. The predicted molar refractivity (Wildman–Crippen MR) is 76.2 cm³/mol. The van der Waals surface area contributed by atoms with Crippen LogP contribution in [0, 0.1) is 6.92 Å². The highest BCUT2D eigenvalue weighted by Crippen LogP contribution is 2.24. The molecule has 0 radical (unpaired) electrons. The molecule has 1 aromatic carbocycles. The molecule has 0 aliphatic carbocycles. The molecule has 1 heterocycles. The van der Waals surface area contributed by atoms with Gasteiger partial charge in [-0.2, -0.15) is 0 Å². The molecule has 3 nitrogen and oxygen atoms in total. The minimum atomic E-state index is 0.726. The molecule has 2 aromatic rings. The lowest BCUT2D eigenvalue weighted by Gasteiger charge is -2.07. The SMILES string of the molecule is CCn1c(CBr)nnc1-c1ccc(Br)c(C)c1. The van der Waals surface area contributed by atoms with Crippen LogP contribution in [-0.2, 0) is 11.9 Å². The van der Waals surface area contributed by atoms with Gasteiger partial charge in [-0.05, 0) is 31.5 Å². The van der Waals surface area contributed by atoms with Crippen molar-refractivity contribution < 1.29 is 0 Å². The minimum absolute atomic E-state index is 0.726. The van der Waals surface area contributed by atoms with E-state index in [1.165, 1.54) is 5.56 Å². The zero-order valence-corrected chi connectivity index (χ0v) is 12.9. The van der Waals surface area contributed by atoms with E-state index in [0.717, 1.165) is 33.6 Å². The monoisotopic (exact) mass is 357 g/mol. The van der Waals surface area contributed by atoms with E-state index in [-0.39, 0.29) is 0 Å². The van der Waals surface area contributed by atoms with Crippen molar-refractivity contribution in [2.45, 2.75) is 25.7 Å². The second-order valence-electron chi connectivity index (χ2n) is 3.78. The Labute approximate surface area is 118 Å². The molecule has 5 heteroatoms. The maximum atomic E-state index is 4.27. The van der Waals surface area contributed by atoms with Gasteiger partial charge in [0, 0.05) is 16.6 Å². The largest absolute Gasteiger partial charge is 0.311 e. The van der Waals surface area contributed by atoms with E-state index in [1.807, 2.05) is 6.07 Å². The van der Waals surface area contributed by atoms with Crippen LogP contribution in [0.25, 0.3) is 11.4 Å². The highest BCUT2D eigenvalue weighted by Gasteiger charge is 2.12. The van der Waals surface area contributed by atoms with Gasteiger partial charge in [0.25, 0.3) is 0 Å². The van der Waals surface area contributed by atoms with Crippen LogP contribution >= 0.6 is 31.9 Å². The molecule has 0 bridgehead atoms. The van der Waals surface area contributed by atoms with Crippen LogP contribution in [0.2, 0.25) is 0 Å². The molecule has 17 heavy (non-hydrogen) atoms. The second-order valence-corrected chi connectivity index (χ2v) is 5.20. The Hall–Kier alpha value is -0.680. The number of aromatic nitrogens is 3. The summed E-state index contributed by atoms with van der Waals surface area (Å²) in [4.78, 5) is 0. The Bertz CT molecular complexity index is 535. The van der Waals surface area contributed by atoms with Gasteiger partial charge in [-0.1, -0.05) is 37.9 Å². The quantitative estimate of drug-likeness (QED) is 0.778. The van der Waals surface area contributed by atoms with Gasteiger partial charge in [-0.25, -0.2) is 0 Å². The fourth-order valence-corrected chi connectivity index (χ4v) is 2.43. The molecular formula is C12H13Br2N3. The van der Waals surface area contributed by atoms with E-state index in [1.54, 1.807) is 0 Å². The van der Waals surface area contributed by atoms with Crippen molar-refractivity contribution in [1.82, 2.24) is 14.8 Å². The number of hydrogen-bond acceptors (Lipinski definition) is 2. The van der Waals surface area contributed by atoms with E-state index in [0.29, 0.717) is 0 Å². The van der Waals surface area contributed by atoms with Gasteiger partial charge in [0.15, 0.2) is 5.82 Å². The minimum Gasteiger partial charge on any atom is -0.311 e. The summed E-state index contributed by atoms with van der Waals surface area (Å²) in [5, 5.41) is 9.18. The predicted octanol–water partition coefficient (Wildman–Crippen LogP) is 3.93. The molecule has 0 aliphatic rings. The molecule has 90 valence electrons. The highest BCUT2D eigenvalue weighted by molar-refractivity contribution is 9.10. The topological polar surface area (TPSA) is 30.7 Å². The summed E-state index contributed by atoms with van der Waals surface area (Å²) in [5.74, 6) is 1.89. The third-order valence-corrected chi connectivity index (χ3v) is 4.07. The van der Waals surface area contributed by atoms with Crippen LogP contribution in [0.15, 0.2) is 22.7 Å². The van der Waals surface area contributed by atoms with Gasteiger partial charge in [0.1, 0.15) is 5.82 Å². The Kier molecular flexibility index (Phi) is 3.99. The van der Waals surface area contributed by atoms with Crippen LogP contribution in [-0.4, -0.2) is 14.8 Å². The van der Waals surface area contributed by atoms with Gasteiger partial charge in [0.2, 0.25) is 0 Å². The molecule has 0 amide bonds. The van der Waals surface area contributed by atoms with E-state index < -0.39 is 0 Å². The first-order valence-electron chi connectivity index (χ1n) is 5.42. The van der Waals surface area contributed by atoms with Gasteiger partial charge >= 0.3 is 0 Å². The number of aryl methyl sites for hydroxylation is 1. The van der Waals surface area contributed by atoms with Gasteiger partial charge in [-0.3, -0.25) is 0 Å². The van der Waals surface area contributed by atoms with Crippen molar-refractivity contribution >= 4 is 31.9 Å². The number of halogens is 2. The molecule has 0 spiro atoms. The Morgan fingerprint density at radius 2 is 2.06 bits per heavy atom. The summed E-state index contributed by atoms with van der Waals surface area (Å²) >= 11 is 6.94. The summed E-state index contributed by atoms with van der Waals surface area (Å²) in [6, 6.07) is 6.23. The number of benzene rings is 1. The normalized spacial score (nSPS) is 10.8. The number of nitrogens with zero attached hydrogens (tertiary/aromatic N) is 3. The summed E-state index contributed by atoms with van der Waals surface area (Å²) in [7, 11) is 0. The van der Waals surface area contributed by atoms with E-state index in [4.69, 9.17) is 0 Å². The van der Waals surface area contributed by atoms with Gasteiger partial charge in [0.05, 0.1) is 5.33 Å². The second kappa shape index (κ2) is 5.31. The van der Waals surface area contributed by atoms with Crippen molar-refractivity contribution in [1.29, 1.82) is 0 Å². The van der Waals surface area contributed by atoms with Gasteiger partial charge in [-0.15, -0.1) is 10.2 Å². The first kappa shape index (κ1) is 12.8. The van der Waals surface area contributed by atoms with E-state index in [2.05, 4.69) is 72.6 Å². The molecule has 0 saturated carbocycles. The van der Waals surface area contributed by atoms with Crippen LogP contribution in [0.1, 0.15) is 18.3 Å². The molecule has 0 fully saturated rings. The summed E-state index contributed by atoms with van der Waals surface area (Å²) in [6.07, 6.45) is 0. The summed E-state index contributed by atoms with van der Waals surface area (Å²) in [6.45, 7) is 5.05. The lowest BCUT2D eigenvalue weighted by atomic mass is 10.1. The third-order valence-electron chi connectivity index (χ3n) is 2.68. The van der Waals surface area contributed by atoms with Gasteiger partial charge < -0.3 is 4.57 Å². The molecule has 2 rings (SSSR count). The standard InChI is InChI=1S/C12H13Br2N3/c1-3-17-11(7-13)15-16-12(17)9-4-5-10(14)8(2)6-9/h4-6H,3,7H2,1-2H3. The van der Waals surface area contributed by atoms with Crippen molar-refractivity contribution in [3.8, 4) is 11.4 Å². The first-order chi connectivity index (χ1) is 8.17. The van der Waals surface area contributed by atoms with Crippen LogP contribution in [0.3, 0.4) is 0 Å². The van der Waals surface area contributed by atoms with E-state index >= 15 is 0 Å². The fourth-order valence-electron chi connectivity index (χ4n) is 1.76. The molecule has 0 N–H and O–H groups in total. The molecule has 0 saturated heterocycles. The fraction of sp³-hybridized carbons (Fsp3) is 0.333. The summed E-state index contributed by atoms with van der Waals surface area (Å²) < 4.78 is 3.24. The number of alkyl halides is 1. The number of hydrogen-bond donors (Lipinski definition) is 0. The average Bonchev–Trinajstić information content (AvgIpc) is 2.75. The molecule has 0 aliphatic heterocycles. The zero-order valence-electron chi connectivity index (χ0n) is 9.74. The maximum absolute atomic E-state index is 4.27. The van der Waals surface area contributed by atoms with Crippen LogP contribution < -0.4 is 0 Å². The lowest BCUT2D eigenvalue weighted by Crippen LogP contribution is -2.01. The van der Waals surface area contributed by atoms with Crippen molar-refractivity contribution in [3.63, 3.8) is 0 Å². The first-order valence-corrected chi connectivity index (χ1v) is 7.33. The van der Waals surface area contributed by atoms with Crippen LogP contribution in [0.4, 0.5) is 0 Å². The smallest absolute Gasteiger partial charge is 0.163 e. The Balaban J connectivity index is 2.52. The molecule has 1 aromatic heterocycles. The molecule has 0 atom stereocenters.